The van der Waals surface area contributed by atoms with Gasteiger partial charge in [-0.2, -0.15) is 0 Å². The highest BCUT2D eigenvalue weighted by Gasteiger charge is 2.26. The summed E-state index contributed by atoms with van der Waals surface area (Å²) in [6.45, 7) is 7.70. The maximum absolute atomic E-state index is 14.1. The molecule has 1 fully saturated rings. The second-order valence-corrected chi connectivity index (χ2v) is 5.39. The first-order valence-electron chi connectivity index (χ1n) is 7.66. The number of benzene rings is 1. The van der Waals surface area contributed by atoms with Crippen molar-refractivity contribution in [1.29, 1.82) is 0 Å². The van der Waals surface area contributed by atoms with Crippen LogP contribution in [0.1, 0.15) is 31.9 Å². The Morgan fingerprint density at radius 1 is 1.38 bits per heavy atom. The van der Waals surface area contributed by atoms with Gasteiger partial charge in [-0.05, 0) is 19.0 Å². The molecule has 2 unspecified atom stereocenters. The number of nitrogens with zero attached hydrogens (tertiary/aromatic N) is 1. The molecule has 1 aliphatic rings. The van der Waals surface area contributed by atoms with Crippen LogP contribution in [-0.2, 0) is 4.74 Å². The third-order valence-corrected chi connectivity index (χ3v) is 4.05. The van der Waals surface area contributed by atoms with Crippen molar-refractivity contribution in [2.75, 3.05) is 32.8 Å². The lowest BCUT2D eigenvalue weighted by molar-refractivity contribution is -0.0128. The fourth-order valence-corrected chi connectivity index (χ4v) is 2.85. The molecule has 1 aromatic rings. The number of morpholine rings is 1. The van der Waals surface area contributed by atoms with E-state index in [4.69, 9.17) is 4.74 Å². The molecule has 1 saturated heterocycles. The smallest absolute Gasteiger partial charge is 0.163 e. The molecule has 3 nitrogen and oxygen atoms in total. The minimum atomic E-state index is -0.788. The zero-order chi connectivity index (χ0) is 15.2. The van der Waals surface area contributed by atoms with Gasteiger partial charge < -0.3 is 10.1 Å². The van der Waals surface area contributed by atoms with Crippen molar-refractivity contribution < 1.29 is 13.5 Å². The van der Waals surface area contributed by atoms with Gasteiger partial charge in [0.2, 0.25) is 0 Å². The summed E-state index contributed by atoms with van der Waals surface area (Å²) in [6, 6.07) is 4.52. The fraction of sp³-hybridized carbons (Fsp3) is 0.625. The zero-order valence-corrected chi connectivity index (χ0v) is 12.7. The fourth-order valence-electron chi connectivity index (χ4n) is 2.85. The van der Waals surface area contributed by atoms with Crippen molar-refractivity contribution in [3.05, 3.63) is 35.4 Å². The van der Waals surface area contributed by atoms with Gasteiger partial charge >= 0.3 is 0 Å². The Balaban J connectivity index is 2.16. The quantitative estimate of drug-likeness (QED) is 0.874. The van der Waals surface area contributed by atoms with Gasteiger partial charge in [-0.25, -0.2) is 8.78 Å². The predicted octanol–water partition coefficient (Wildman–Crippen LogP) is 2.73. The number of likely N-dealkylation sites (N-methyl/N-ethyl adjacent to an activating group) is 1. The van der Waals surface area contributed by atoms with E-state index in [1.54, 1.807) is 12.1 Å². The highest BCUT2D eigenvalue weighted by molar-refractivity contribution is 5.23. The minimum Gasteiger partial charge on any atom is -0.378 e. The van der Waals surface area contributed by atoms with Gasteiger partial charge in [0.1, 0.15) is 0 Å². The summed E-state index contributed by atoms with van der Waals surface area (Å²) in [6.07, 6.45) is 0.991. The molecule has 2 rings (SSSR count). The molecule has 1 aliphatic heterocycles. The Bertz CT molecular complexity index is 456. The van der Waals surface area contributed by atoms with Crippen LogP contribution in [0.3, 0.4) is 0 Å². The van der Waals surface area contributed by atoms with Crippen LogP contribution in [0.2, 0.25) is 0 Å². The van der Waals surface area contributed by atoms with Gasteiger partial charge in [0.15, 0.2) is 11.6 Å². The largest absolute Gasteiger partial charge is 0.378 e. The van der Waals surface area contributed by atoms with E-state index in [-0.39, 0.29) is 6.04 Å². The number of halogens is 2. The molecule has 0 aromatic heterocycles. The lowest BCUT2D eigenvalue weighted by Crippen LogP contribution is -2.48. The first kappa shape index (κ1) is 16.3. The molecule has 21 heavy (non-hydrogen) atoms. The highest BCUT2D eigenvalue weighted by Crippen LogP contribution is 2.22. The van der Waals surface area contributed by atoms with Gasteiger partial charge in [-0.1, -0.05) is 26.0 Å². The van der Waals surface area contributed by atoms with Crippen molar-refractivity contribution in [2.24, 2.45) is 0 Å². The summed E-state index contributed by atoms with van der Waals surface area (Å²) in [5.41, 5.74) is 0.401. The van der Waals surface area contributed by atoms with Crippen LogP contribution in [-0.4, -0.2) is 43.8 Å². The molecule has 1 heterocycles. The minimum absolute atomic E-state index is 0.210. The molecule has 1 N–H and O–H groups in total. The molecule has 0 aliphatic carbocycles. The number of nitrogens with one attached hydrogen (secondary N) is 1. The van der Waals surface area contributed by atoms with Gasteiger partial charge in [0, 0.05) is 30.7 Å². The van der Waals surface area contributed by atoms with E-state index >= 15 is 0 Å². The molecular formula is C16H24F2N2O. The molecule has 118 valence electrons. The van der Waals surface area contributed by atoms with Gasteiger partial charge in [-0.15, -0.1) is 0 Å². The maximum Gasteiger partial charge on any atom is 0.163 e. The van der Waals surface area contributed by atoms with Gasteiger partial charge in [-0.3, -0.25) is 4.90 Å². The van der Waals surface area contributed by atoms with E-state index in [1.165, 1.54) is 0 Å². The summed E-state index contributed by atoms with van der Waals surface area (Å²) in [4.78, 5) is 2.31. The Labute approximate surface area is 125 Å². The van der Waals surface area contributed by atoms with Crippen LogP contribution < -0.4 is 5.32 Å². The van der Waals surface area contributed by atoms with E-state index in [0.717, 1.165) is 19.0 Å². The molecule has 0 spiro atoms. The summed E-state index contributed by atoms with van der Waals surface area (Å²) in [7, 11) is 0. The van der Waals surface area contributed by atoms with Crippen LogP contribution >= 0.6 is 0 Å². The van der Waals surface area contributed by atoms with E-state index in [1.807, 2.05) is 6.92 Å². The second kappa shape index (κ2) is 7.82. The highest BCUT2D eigenvalue weighted by atomic mass is 19.2. The lowest BCUT2D eigenvalue weighted by Gasteiger charge is -2.37. The van der Waals surface area contributed by atoms with E-state index in [2.05, 4.69) is 17.1 Å². The first-order valence-corrected chi connectivity index (χ1v) is 7.66. The van der Waals surface area contributed by atoms with E-state index in [9.17, 15) is 8.78 Å². The molecule has 2 atom stereocenters. The number of hydrogen-bond acceptors (Lipinski definition) is 3. The normalized spacial score (nSPS) is 21.4. The Morgan fingerprint density at radius 2 is 2.19 bits per heavy atom. The van der Waals surface area contributed by atoms with Crippen molar-refractivity contribution in [1.82, 2.24) is 10.2 Å². The van der Waals surface area contributed by atoms with Crippen LogP contribution in [0.4, 0.5) is 8.78 Å². The number of rotatable bonds is 6. The van der Waals surface area contributed by atoms with E-state index < -0.39 is 11.6 Å². The monoisotopic (exact) mass is 298 g/mol. The summed E-state index contributed by atoms with van der Waals surface area (Å²) in [5, 5.41) is 3.27. The van der Waals surface area contributed by atoms with Crippen molar-refractivity contribution in [3.63, 3.8) is 0 Å². The molecule has 0 radical (unpaired) electrons. The number of ether oxygens (including phenoxy) is 1. The van der Waals surface area contributed by atoms with Crippen LogP contribution in [0.15, 0.2) is 18.2 Å². The zero-order valence-electron chi connectivity index (χ0n) is 12.7. The average Bonchev–Trinajstić information content (AvgIpc) is 2.50. The first-order chi connectivity index (χ1) is 10.2. The summed E-state index contributed by atoms with van der Waals surface area (Å²) >= 11 is 0. The number of hydrogen-bond donors (Lipinski definition) is 1. The molecule has 0 amide bonds. The molecular weight excluding hydrogens is 274 g/mol. The SMILES string of the molecule is CCNC(CN1CCOCC1CC)c1cccc(F)c1F. The van der Waals surface area contributed by atoms with Crippen molar-refractivity contribution >= 4 is 0 Å². The molecule has 0 saturated carbocycles. The summed E-state index contributed by atoms with van der Waals surface area (Å²) in [5.74, 6) is -1.53. The maximum atomic E-state index is 14.1. The van der Waals surface area contributed by atoms with Crippen LogP contribution in [0.25, 0.3) is 0 Å². The van der Waals surface area contributed by atoms with Gasteiger partial charge in [0.25, 0.3) is 0 Å². The average molecular weight is 298 g/mol. The standard InChI is InChI=1S/C16H24F2N2O/c1-3-12-11-21-9-8-20(12)10-15(19-4-2)13-6-5-7-14(17)16(13)18/h5-7,12,15,19H,3-4,8-11H2,1-2H3. The molecule has 5 heteroatoms. The Morgan fingerprint density at radius 3 is 2.90 bits per heavy atom. The van der Waals surface area contributed by atoms with E-state index in [0.29, 0.717) is 37.9 Å². The Hall–Kier alpha value is -1.04. The molecule has 0 bridgehead atoms. The Kier molecular flexibility index (Phi) is 6.08. The molecule has 1 aromatic carbocycles. The lowest BCUT2D eigenvalue weighted by atomic mass is 10.0. The van der Waals surface area contributed by atoms with Crippen LogP contribution in [0.5, 0.6) is 0 Å². The van der Waals surface area contributed by atoms with Crippen molar-refractivity contribution in [3.8, 4) is 0 Å². The summed E-state index contributed by atoms with van der Waals surface area (Å²) < 4.78 is 33.0. The van der Waals surface area contributed by atoms with Gasteiger partial charge in [0.05, 0.1) is 13.2 Å². The second-order valence-electron chi connectivity index (χ2n) is 5.39. The third-order valence-electron chi connectivity index (χ3n) is 4.05. The predicted molar refractivity (Wildman–Crippen MR) is 79.2 cm³/mol. The third kappa shape index (κ3) is 3.99. The van der Waals surface area contributed by atoms with Crippen LogP contribution in [0, 0.1) is 11.6 Å². The van der Waals surface area contributed by atoms with Crippen molar-refractivity contribution in [2.45, 2.75) is 32.4 Å². The topological polar surface area (TPSA) is 24.5 Å².